The second kappa shape index (κ2) is 7.42. The van der Waals surface area contributed by atoms with Crippen molar-refractivity contribution in [2.45, 2.75) is 37.2 Å². The molecule has 1 N–H and O–H groups in total. The van der Waals surface area contributed by atoms with E-state index in [-0.39, 0.29) is 16.4 Å². The summed E-state index contributed by atoms with van der Waals surface area (Å²) in [6.07, 6.45) is -4.67. The van der Waals surface area contributed by atoms with Crippen LogP contribution >= 0.6 is 11.8 Å². The number of hydrogen-bond acceptors (Lipinski definition) is 5. The summed E-state index contributed by atoms with van der Waals surface area (Å²) in [5.41, 5.74) is 2.23. The maximum Gasteiger partial charge on any atom is 0.451 e. The van der Waals surface area contributed by atoms with Gasteiger partial charge in [-0.2, -0.15) is 18.3 Å². The largest absolute Gasteiger partial charge is 0.451 e. The molecule has 0 unspecified atom stereocenters. The van der Waals surface area contributed by atoms with Gasteiger partial charge in [-0.05, 0) is 26.8 Å². The Labute approximate surface area is 163 Å². The SMILES string of the molecule is Cc1nn(C)c(C)c1NC(=O)[C@H](C)Sc1nc(C(F)(F)F)nc2ccccc12. The topological polar surface area (TPSA) is 72.7 Å². The molecule has 10 heteroatoms. The molecule has 0 spiro atoms. The molecule has 1 aromatic carbocycles. The second-order valence-electron chi connectivity index (χ2n) is 6.29. The van der Waals surface area contributed by atoms with Crippen LogP contribution in [-0.4, -0.2) is 30.9 Å². The van der Waals surface area contributed by atoms with Crippen molar-refractivity contribution >= 4 is 34.3 Å². The molecule has 0 radical (unpaired) electrons. The van der Waals surface area contributed by atoms with Crippen LogP contribution in [0, 0.1) is 13.8 Å². The standard InChI is InChI=1S/C18H18F3N5OS/c1-9-14(10(2)26(4)25-9)23-15(27)11(3)28-16-12-7-5-6-8-13(12)22-17(24-16)18(19,20)21/h5-8,11H,1-4H3,(H,23,27)/t11-/m0/s1. The number of rotatable bonds is 4. The van der Waals surface area contributed by atoms with Crippen molar-refractivity contribution in [2.24, 2.45) is 7.05 Å². The van der Waals surface area contributed by atoms with Crippen LogP contribution in [0.15, 0.2) is 29.3 Å². The van der Waals surface area contributed by atoms with E-state index in [1.54, 1.807) is 43.8 Å². The molecule has 0 aliphatic rings. The first kappa shape index (κ1) is 20.1. The summed E-state index contributed by atoms with van der Waals surface area (Å²) in [4.78, 5) is 19.9. The number of benzene rings is 1. The van der Waals surface area contributed by atoms with Crippen molar-refractivity contribution in [3.8, 4) is 0 Å². The lowest BCUT2D eigenvalue weighted by atomic mass is 10.2. The number of thioether (sulfide) groups is 1. The molecule has 28 heavy (non-hydrogen) atoms. The minimum atomic E-state index is -4.67. The van der Waals surface area contributed by atoms with Crippen molar-refractivity contribution in [3.05, 3.63) is 41.5 Å². The zero-order valence-corrected chi connectivity index (χ0v) is 16.4. The van der Waals surface area contributed by atoms with Crippen molar-refractivity contribution in [1.82, 2.24) is 19.7 Å². The Hall–Kier alpha value is -2.62. The molecule has 0 aliphatic heterocycles. The first-order chi connectivity index (χ1) is 13.1. The highest BCUT2D eigenvalue weighted by Gasteiger charge is 2.36. The van der Waals surface area contributed by atoms with Gasteiger partial charge in [-0.3, -0.25) is 9.48 Å². The maximum atomic E-state index is 13.1. The molecule has 2 aromatic heterocycles. The fraction of sp³-hybridized carbons (Fsp3) is 0.333. The quantitative estimate of drug-likeness (QED) is 0.518. The summed E-state index contributed by atoms with van der Waals surface area (Å²) in [5.74, 6) is -1.57. The van der Waals surface area contributed by atoms with Crippen LogP contribution in [-0.2, 0) is 18.0 Å². The van der Waals surface area contributed by atoms with E-state index in [0.717, 1.165) is 17.5 Å². The van der Waals surface area contributed by atoms with E-state index in [9.17, 15) is 18.0 Å². The van der Waals surface area contributed by atoms with Crippen molar-refractivity contribution in [2.75, 3.05) is 5.32 Å². The fourth-order valence-corrected chi connectivity index (χ4v) is 3.60. The summed E-state index contributed by atoms with van der Waals surface area (Å²) in [7, 11) is 1.77. The summed E-state index contributed by atoms with van der Waals surface area (Å²) in [5, 5.41) is 6.94. The second-order valence-corrected chi connectivity index (χ2v) is 7.62. The predicted octanol–water partition coefficient (Wildman–Crippen LogP) is 4.12. The first-order valence-electron chi connectivity index (χ1n) is 8.39. The van der Waals surface area contributed by atoms with E-state index in [2.05, 4.69) is 20.4 Å². The summed E-state index contributed by atoms with van der Waals surface area (Å²) in [6, 6.07) is 6.42. The van der Waals surface area contributed by atoms with Gasteiger partial charge in [0.15, 0.2) is 0 Å². The van der Waals surface area contributed by atoms with Crippen LogP contribution in [0.1, 0.15) is 24.1 Å². The van der Waals surface area contributed by atoms with Gasteiger partial charge >= 0.3 is 6.18 Å². The van der Waals surface area contributed by atoms with Crippen LogP contribution in [0.5, 0.6) is 0 Å². The molecule has 6 nitrogen and oxygen atoms in total. The third kappa shape index (κ3) is 3.96. The Morgan fingerprint density at radius 1 is 1.21 bits per heavy atom. The Bertz CT molecular complexity index is 1050. The number of aromatic nitrogens is 4. The first-order valence-corrected chi connectivity index (χ1v) is 9.27. The normalized spacial score (nSPS) is 13.0. The number of carbonyl (C=O) groups excluding carboxylic acids is 1. The van der Waals surface area contributed by atoms with Crippen molar-refractivity contribution < 1.29 is 18.0 Å². The van der Waals surface area contributed by atoms with Crippen molar-refractivity contribution in [1.29, 1.82) is 0 Å². The number of aryl methyl sites for hydroxylation is 2. The average Bonchev–Trinajstić information content (AvgIpc) is 2.86. The Morgan fingerprint density at radius 3 is 2.50 bits per heavy atom. The third-order valence-electron chi connectivity index (χ3n) is 4.24. The van der Waals surface area contributed by atoms with Crippen LogP contribution < -0.4 is 5.32 Å². The van der Waals surface area contributed by atoms with Gasteiger partial charge < -0.3 is 5.32 Å². The van der Waals surface area contributed by atoms with E-state index in [1.807, 2.05) is 6.92 Å². The van der Waals surface area contributed by atoms with E-state index in [0.29, 0.717) is 16.8 Å². The number of nitrogens with one attached hydrogen (secondary N) is 1. The average molecular weight is 409 g/mol. The van der Waals surface area contributed by atoms with Crippen LogP contribution in [0.4, 0.5) is 18.9 Å². The van der Waals surface area contributed by atoms with E-state index in [4.69, 9.17) is 0 Å². The number of halogens is 3. The molecule has 0 fully saturated rings. The van der Waals surface area contributed by atoms with Gasteiger partial charge in [0.1, 0.15) is 5.03 Å². The van der Waals surface area contributed by atoms with E-state index < -0.39 is 17.3 Å². The number of hydrogen-bond donors (Lipinski definition) is 1. The molecule has 0 saturated carbocycles. The van der Waals surface area contributed by atoms with E-state index in [1.165, 1.54) is 6.07 Å². The highest BCUT2D eigenvalue weighted by molar-refractivity contribution is 8.00. The zero-order valence-electron chi connectivity index (χ0n) is 15.6. The number of fused-ring (bicyclic) bond motifs is 1. The van der Waals surface area contributed by atoms with Crippen LogP contribution in [0.2, 0.25) is 0 Å². The van der Waals surface area contributed by atoms with Gasteiger partial charge in [0.05, 0.1) is 27.8 Å². The molecule has 0 bridgehead atoms. The number of alkyl halides is 3. The number of para-hydroxylation sites is 1. The van der Waals surface area contributed by atoms with Gasteiger partial charge in [0.25, 0.3) is 0 Å². The van der Waals surface area contributed by atoms with Gasteiger partial charge in [0.2, 0.25) is 11.7 Å². The molecule has 3 aromatic rings. The molecular weight excluding hydrogens is 391 g/mol. The molecule has 148 valence electrons. The smallest absolute Gasteiger partial charge is 0.322 e. The molecule has 0 saturated heterocycles. The predicted molar refractivity (Wildman–Crippen MR) is 101 cm³/mol. The van der Waals surface area contributed by atoms with Gasteiger partial charge in [-0.15, -0.1) is 0 Å². The molecule has 1 amide bonds. The molecule has 1 atom stereocenters. The van der Waals surface area contributed by atoms with Gasteiger partial charge in [-0.25, -0.2) is 9.97 Å². The maximum absolute atomic E-state index is 13.1. The Morgan fingerprint density at radius 2 is 1.89 bits per heavy atom. The molecule has 3 rings (SSSR count). The molecular formula is C18H18F3N5OS. The zero-order chi connectivity index (χ0) is 20.6. The number of nitrogens with zero attached hydrogens (tertiary/aromatic N) is 4. The van der Waals surface area contributed by atoms with Crippen LogP contribution in [0.25, 0.3) is 10.9 Å². The lowest BCUT2D eigenvalue weighted by Crippen LogP contribution is -2.23. The van der Waals surface area contributed by atoms with E-state index >= 15 is 0 Å². The molecule has 2 heterocycles. The van der Waals surface area contributed by atoms with Crippen LogP contribution in [0.3, 0.4) is 0 Å². The summed E-state index contributed by atoms with van der Waals surface area (Å²) < 4.78 is 41.1. The highest BCUT2D eigenvalue weighted by atomic mass is 32.2. The Balaban J connectivity index is 1.90. The number of anilines is 1. The lowest BCUT2D eigenvalue weighted by molar-refractivity contribution is -0.145. The van der Waals surface area contributed by atoms with Gasteiger partial charge in [-0.1, -0.05) is 30.0 Å². The Kier molecular flexibility index (Phi) is 5.33. The third-order valence-corrected chi connectivity index (χ3v) is 5.34. The lowest BCUT2D eigenvalue weighted by Gasteiger charge is -2.14. The molecule has 0 aliphatic carbocycles. The fourth-order valence-electron chi connectivity index (χ4n) is 2.66. The minimum absolute atomic E-state index is 0.111. The minimum Gasteiger partial charge on any atom is -0.322 e. The van der Waals surface area contributed by atoms with Gasteiger partial charge in [0, 0.05) is 12.4 Å². The van der Waals surface area contributed by atoms with Crippen molar-refractivity contribution in [3.63, 3.8) is 0 Å². The highest BCUT2D eigenvalue weighted by Crippen LogP contribution is 2.34. The monoisotopic (exact) mass is 409 g/mol. The number of carbonyl (C=O) groups is 1. The number of amides is 1. The summed E-state index contributed by atoms with van der Waals surface area (Å²) in [6.45, 7) is 5.21. The summed E-state index contributed by atoms with van der Waals surface area (Å²) >= 11 is 0.959.